The molecule has 0 bridgehead atoms. The van der Waals surface area contributed by atoms with Crippen LogP contribution in [0, 0.1) is 30.6 Å². The molecular weight excluding hydrogens is 374 g/mol. The number of aryl methyl sites for hydroxylation is 2. The van der Waals surface area contributed by atoms with Crippen molar-refractivity contribution in [1.82, 2.24) is 15.1 Å². The highest BCUT2D eigenvalue weighted by Gasteiger charge is 2.10. The summed E-state index contributed by atoms with van der Waals surface area (Å²) in [5.41, 5.74) is 4.60. The van der Waals surface area contributed by atoms with Crippen molar-refractivity contribution in [3.8, 4) is 23.4 Å². The Morgan fingerprint density at radius 2 is 1.87 bits per heavy atom. The Hall–Kier alpha value is -3.59. The number of nitriles is 1. The molecule has 6 nitrogen and oxygen atoms in total. The Morgan fingerprint density at radius 1 is 1.13 bits per heavy atom. The van der Waals surface area contributed by atoms with Crippen LogP contribution in [0.15, 0.2) is 53.7 Å². The average Bonchev–Trinajstić information content (AvgIpc) is 3.16. The van der Waals surface area contributed by atoms with Gasteiger partial charge in [0.2, 0.25) is 5.88 Å². The zero-order valence-electron chi connectivity index (χ0n) is 18.1. The van der Waals surface area contributed by atoms with Crippen molar-refractivity contribution in [1.29, 1.82) is 5.26 Å². The molecule has 1 N–H and O–H groups in total. The van der Waals surface area contributed by atoms with Crippen LogP contribution in [0.2, 0.25) is 0 Å². The van der Waals surface area contributed by atoms with Gasteiger partial charge >= 0.3 is 0 Å². The minimum Gasteiger partial charge on any atom is -0.437 e. The van der Waals surface area contributed by atoms with Crippen LogP contribution in [0.4, 0.5) is 5.69 Å². The molecule has 1 aromatic heterocycles. The Labute approximate surface area is 177 Å². The molecule has 2 aromatic carbocycles. The number of aliphatic imine (C=N–C) groups is 1. The number of rotatable bonds is 6. The first-order valence-corrected chi connectivity index (χ1v) is 9.86. The molecule has 154 valence electrons. The third-order valence-corrected chi connectivity index (χ3v) is 4.46. The maximum absolute atomic E-state index is 8.92. The van der Waals surface area contributed by atoms with Crippen LogP contribution in [0.1, 0.15) is 37.5 Å². The highest BCUT2D eigenvalue weighted by molar-refractivity contribution is 5.64. The van der Waals surface area contributed by atoms with Crippen molar-refractivity contribution in [3.63, 3.8) is 0 Å². The van der Waals surface area contributed by atoms with Gasteiger partial charge in [-0.15, -0.1) is 5.10 Å². The Bertz CT molecular complexity index is 1080. The molecule has 0 amide bonds. The van der Waals surface area contributed by atoms with Gasteiger partial charge in [0.05, 0.1) is 29.3 Å². The minimum atomic E-state index is 0.204. The molecule has 6 heteroatoms. The lowest BCUT2D eigenvalue weighted by atomic mass is 9.97. The van der Waals surface area contributed by atoms with E-state index in [1.54, 1.807) is 23.2 Å². The number of hydrogen-bond donors (Lipinski definition) is 1. The fraction of sp³-hybridized carbons (Fsp3) is 0.292. The molecule has 0 spiro atoms. The summed E-state index contributed by atoms with van der Waals surface area (Å²) in [6.45, 7) is 11.4. The van der Waals surface area contributed by atoms with E-state index in [1.165, 1.54) is 0 Å². The molecule has 0 aliphatic rings. The lowest BCUT2D eigenvalue weighted by Crippen LogP contribution is -2.25. The fourth-order valence-electron chi connectivity index (χ4n) is 2.80. The van der Waals surface area contributed by atoms with E-state index < -0.39 is 0 Å². The number of hydrogen-bond acceptors (Lipinski definition) is 4. The molecule has 0 atom stereocenters. The molecular formula is C24H27N5O. The zero-order chi connectivity index (χ0) is 21.7. The topological polar surface area (TPSA) is 75.2 Å². The largest absolute Gasteiger partial charge is 0.437 e. The standard InChI is InChI=1S/C24H27N5O/c1-17-13-22(18(2)12-21(17)27-16-26-15-24(3,4)5)30-23-10-11-29(28-23)20-8-6-19(14-25)7-9-20/h6-13,16H,15H2,1-5H3,(H,26,27). The van der Waals surface area contributed by atoms with Crippen LogP contribution < -0.4 is 10.1 Å². The van der Waals surface area contributed by atoms with Crippen molar-refractivity contribution >= 4 is 12.0 Å². The van der Waals surface area contributed by atoms with E-state index in [0.29, 0.717) is 11.4 Å². The predicted octanol–water partition coefficient (Wildman–Crippen LogP) is 5.45. The van der Waals surface area contributed by atoms with E-state index >= 15 is 0 Å². The van der Waals surface area contributed by atoms with Gasteiger partial charge in [-0.05, 0) is 66.8 Å². The molecule has 0 saturated carbocycles. The molecule has 0 fully saturated rings. The Morgan fingerprint density at radius 3 is 2.53 bits per heavy atom. The number of aromatic nitrogens is 2. The molecule has 3 rings (SSSR count). The van der Waals surface area contributed by atoms with Crippen LogP contribution in [0.25, 0.3) is 5.69 Å². The average molecular weight is 402 g/mol. The lowest BCUT2D eigenvalue weighted by Gasteiger charge is -2.17. The number of nitrogens with zero attached hydrogens (tertiary/aromatic N) is 4. The fourth-order valence-corrected chi connectivity index (χ4v) is 2.80. The van der Waals surface area contributed by atoms with E-state index in [1.807, 2.05) is 50.4 Å². The monoisotopic (exact) mass is 401 g/mol. The number of benzene rings is 2. The number of nitrogens with one attached hydrogen (secondary N) is 1. The summed E-state index contributed by atoms with van der Waals surface area (Å²) in [7, 11) is 0. The second-order valence-electron chi connectivity index (χ2n) is 8.46. The second kappa shape index (κ2) is 8.83. The summed E-state index contributed by atoms with van der Waals surface area (Å²) < 4.78 is 7.73. The highest BCUT2D eigenvalue weighted by Crippen LogP contribution is 2.31. The maximum atomic E-state index is 8.92. The predicted molar refractivity (Wildman–Crippen MR) is 120 cm³/mol. The van der Waals surface area contributed by atoms with Crippen LogP contribution in [0.3, 0.4) is 0 Å². The first-order valence-electron chi connectivity index (χ1n) is 9.86. The van der Waals surface area contributed by atoms with Crippen molar-refractivity contribution in [2.24, 2.45) is 10.4 Å². The van der Waals surface area contributed by atoms with Gasteiger partial charge < -0.3 is 10.1 Å². The van der Waals surface area contributed by atoms with Crippen molar-refractivity contribution in [2.45, 2.75) is 34.6 Å². The van der Waals surface area contributed by atoms with E-state index in [4.69, 9.17) is 10.00 Å². The summed E-state index contributed by atoms with van der Waals surface area (Å²) in [5.74, 6) is 1.25. The highest BCUT2D eigenvalue weighted by atomic mass is 16.5. The van der Waals surface area contributed by atoms with Gasteiger partial charge in [-0.2, -0.15) is 5.26 Å². The van der Waals surface area contributed by atoms with E-state index in [9.17, 15) is 0 Å². The molecule has 0 saturated heterocycles. The number of ether oxygens (including phenoxy) is 1. The summed E-state index contributed by atoms with van der Waals surface area (Å²) in [4.78, 5) is 4.54. The third kappa shape index (κ3) is 5.48. The third-order valence-electron chi connectivity index (χ3n) is 4.46. The minimum absolute atomic E-state index is 0.204. The van der Waals surface area contributed by atoms with Gasteiger partial charge in [-0.3, -0.25) is 0 Å². The smallest absolute Gasteiger partial charge is 0.238 e. The van der Waals surface area contributed by atoms with Crippen molar-refractivity contribution in [3.05, 3.63) is 65.4 Å². The quantitative estimate of drug-likeness (QED) is 0.440. The molecule has 1 heterocycles. The van der Waals surface area contributed by atoms with Crippen molar-refractivity contribution in [2.75, 3.05) is 6.54 Å². The molecule has 0 unspecified atom stereocenters. The van der Waals surface area contributed by atoms with Gasteiger partial charge in [0, 0.05) is 18.8 Å². The summed E-state index contributed by atoms with van der Waals surface area (Å²) in [5, 5.41) is 16.7. The van der Waals surface area contributed by atoms with E-state index in [2.05, 4.69) is 42.2 Å². The van der Waals surface area contributed by atoms with Gasteiger partial charge in [-0.25, -0.2) is 9.67 Å². The summed E-state index contributed by atoms with van der Waals surface area (Å²) >= 11 is 0. The second-order valence-corrected chi connectivity index (χ2v) is 8.46. The molecule has 0 radical (unpaired) electrons. The van der Waals surface area contributed by atoms with Crippen LogP contribution >= 0.6 is 0 Å². The molecule has 3 aromatic rings. The van der Waals surface area contributed by atoms with Gasteiger partial charge in [-0.1, -0.05) is 20.8 Å². The molecule has 0 aliphatic carbocycles. The first-order chi connectivity index (χ1) is 14.2. The maximum Gasteiger partial charge on any atom is 0.238 e. The van der Waals surface area contributed by atoms with Crippen LogP contribution in [-0.2, 0) is 0 Å². The van der Waals surface area contributed by atoms with Gasteiger partial charge in [0.25, 0.3) is 0 Å². The zero-order valence-corrected chi connectivity index (χ0v) is 18.1. The lowest BCUT2D eigenvalue weighted by molar-refractivity contribution is 0.410. The van der Waals surface area contributed by atoms with Crippen LogP contribution in [-0.4, -0.2) is 22.7 Å². The normalized spacial score (nSPS) is 11.5. The van der Waals surface area contributed by atoms with Gasteiger partial charge in [0.15, 0.2) is 0 Å². The summed E-state index contributed by atoms with van der Waals surface area (Å²) in [6.07, 6.45) is 3.59. The van der Waals surface area contributed by atoms with E-state index in [0.717, 1.165) is 34.8 Å². The molecule has 30 heavy (non-hydrogen) atoms. The van der Waals surface area contributed by atoms with Gasteiger partial charge in [0.1, 0.15) is 5.75 Å². The van der Waals surface area contributed by atoms with Crippen molar-refractivity contribution < 1.29 is 4.74 Å². The Balaban J connectivity index is 1.71. The van der Waals surface area contributed by atoms with E-state index in [-0.39, 0.29) is 5.41 Å². The molecule has 0 aliphatic heterocycles. The Kier molecular flexibility index (Phi) is 6.22. The summed E-state index contributed by atoms with van der Waals surface area (Å²) in [6, 6.07) is 15.2. The SMILES string of the molecule is Cc1cc(Oc2ccn(-c3ccc(C#N)cc3)n2)c(C)cc1/N=C/NCC(C)(C)C. The van der Waals surface area contributed by atoms with Crippen LogP contribution in [0.5, 0.6) is 11.6 Å². The first kappa shape index (κ1) is 21.1.